The van der Waals surface area contributed by atoms with Crippen molar-refractivity contribution in [1.82, 2.24) is 0 Å². The summed E-state index contributed by atoms with van der Waals surface area (Å²) in [6.45, 7) is 10.8. The zero-order valence-corrected chi connectivity index (χ0v) is 16.7. The zero-order chi connectivity index (χ0) is 19.6. The maximum atomic E-state index is 12.7. The van der Waals surface area contributed by atoms with Crippen molar-refractivity contribution in [3.05, 3.63) is 42.0 Å². The fraction of sp³-hybridized carbons (Fsp3) is 0.609. The van der Waals surface area contributed by atoms with Crippen LogP contribution in [-0.2, 0) is 4.74 Å². The number of rotatable bonds is 3. The van der Waals surface area contributed by atoms with Gasteiger partial charge in [0.05, 0.1) is 18.3 Å². The molecule has 0 heterocycles. The lowest BCUT2D eigenvalue weighted by atomic mass is 9.77. The summed E-state index contributed by atoms with van der Waals surface area (Å²) >= 11 is 0. The first-order chi connectivity index (χ1) is 12.7. The maximum Gasteiger partial charge on any atom is 0.338 e. The molecule has 0 radical (unpaired) electrons. The number of methoxy groups -OCH3 is 1. The van der Waals surface area contributed by atoms with Gasteiger partial charge < -0.3 is 14.6 Å². The molecule has 27 heavy (non-hydrogen) atoms. The van der Waals surface area contributed by atoms with Crippen LogP contribution in [0.4, 0.5) is 0 Å². The predicted molar refractivity (Wildman–Crippen MR) is 104 cm³/mol. The van der Waals surface area contributed by atoms with Crippen molar-refractivity contribution in [3.63, 3.8) is 0 Å². The van der Waals surface area contributed by atoms with Gasteiger partial charge in [-0.1, -0.05) is 26.0 Å². The Bertz CT molecular complexity index is 761. The topological polar surface area (TPSA) is 55.8 Å². The second kappa shape index (κ2) is 6.10. The van der Waals surface area contributed by atoms with E-state index in [0.29, 0.717) is 29.6 Å². The number of ether oxygens (including phenoxy) is 2. The number of carbonyl (C=O) groups is 1. The van der Waals surface area contributed by atoms with Crippen LogP contribution >= 0.6 is 0 Å². The van der Waals surface area contributed by atoms with Gasteiger partial charge in [-0.25, -0.2) is 4.79 Å². The fourth-order valence-corrected chi connectivity index (χ4v) is 6.02. The molecule has 0 aliphatic heterocycles. The van der Waals surface area contributed by atoms with Crippen LogP contribution < -0.4 is 4.74 Å². The van der Waals surface area contributed by atoms with E-state index in [1.54, 1.807) is 31.4 Å². The van der Waals surface area contributed by atoms with Crippen LogP contribution in [-0.4, -0.2) is 29.9 Å². The Balaban J connectivity index is 1.57. The van der Waals surface area contributed by atoms with Crippen molar-refractivity contribution in [3.8, 4) is 5.75 Å². The number of aliphatic hydroxyl groups is 1. The molecule has 0 saturated heterocycles. The lowest BCUT2D eigenvalue weighted by Crippen LogP contribution is -2.34. The lowest BCUT2D eigenvalue weighted by Gasteiger charge is -2.31. The molecule has 1 aromatic rings. The van der Waals surface area contributed by atoms with Gasteiger partial charge in [-0.15, -0.1) is 0 Å². The smallest absolute Gasteiger partial charge is 0.338 e. The van der Waals surface area contributed by atoms with E-state index in [1.165, 1.54) is 0 Å². The summed E-state index contributed by atoms with van der Waals surface area (Å²) in [4.78, 5) is 12.7. The number of fused-ring (bicyclic) bond motifs is 3. The summed E-state index contributed by atoms with van der Waals surface area (Å²) in [5.74, 6) is 1.61. The van der Waals surface area contributed by atoms with Crippen LogP contribution in [0.1, 0.15) is 50.4 Å². The summed E-state index contributed by atoms with van der Waals surface area (Å²) in [5.41, 5.74) is 1.09. The minimum Gasteiger partial charge on any atom is -0.497 e. The molecule has 3 aliphatic rings. The Morgan fingerprint density at radius 1 is 1.15 bits per heavy atom. The SMILES string of the molecule is C=C1C[C@H](OC(=O)c2ccc(OC)cc2)[C@@H]2[C@@H]([C@@H]3[C@H]1CC[C@]3(C)O)C2(C)C. The van der Waals surface area contributed by atoms with Gasteiger partial charge in [-0.05, 0) is 67.2 Å². The molecule has 4 rings (SSSR count). The average molecular weight is 370 g/mol. The molecule has 3 aliphatic carbocycles. The van der Waals surface area contributed by atoms with Crippen LogP contribution in [0, 0.1) is 29.1 Å². The van der Waals surface area contributed by atoms with Gasteiger partial charge in [0.25, 0.3) is 0 Å². The lowest BCUT2D eigenvalue weighted by molar-refractivity contribution is -0.00296. The number of hydrogen-bond donors (Lipinski definition) is 1. The number of benzene rings is 1. The Morgan fingerprint density at radius 2 is 1.81 bits per heavy atom. The molecule has 1 N–H and O–H groups in total. The van der Waals surface area contributed by atoms with Crippen molar-refractivity contribution in [1.29, 1.82) is 0 Å². The third-order valence-electron chi connectivity index (χ3n) is 7.47. The molecule has 4 heteroatoms. The van der Waals surface area contributed by atoms with E-state index in [9.17, 15) is 9.90 Å². The molecule has 1 aromatic carbocycles. The highest BCUT2D eigenvalue weighted by atomic mass is 16.5. The van der Waals surface area contributed by atoms with Crippen LogP contribution in [0.2, 0.25) is 0 Å². The van der Waals surface area contributed by atoms with Gasteiger partial charge >= 0.3 is 5.97 Å². The van der Waals surface area contributed by atoms with E-state index >= 15 is 0 Å². The van der Waals surface area contributed by atoms with Crippen molar-refractivity contribution in [2.75, 3.05) is 7.11 Å². The molecule has 0 spiro atoms. The Morgan fingerprint density at radius 3 is 2.44 bits per heavy atom. The van der Waals surface area contributed by atoms with Crippen molar-refractivity contribution < 1.29 is 19.4 Å². The molecule has 4 nitrogen and oxygen atoms in total. The molecule has 6 atom stereocenters. The number of carbonyl (C=O) groups excluding carboxylic acids is 1. The third kappa shape index (κ3) is 2.89. The highest BCUT2D eigenvalue weighted by Gasteiger charge is 2.70. The van der Waals surface area contributed by atoms with Gasteiger partial charge in [0.15, 0.2) is 0 Å². The first kappa shape index (κ1) is 18.5. The number of esters is 1. The first-order valence-corrected chi connectivity index (χ1v) is 9.92. The number of hydrogen-bond acceptors (Lipinski definition) is 4. The largest absolute Gasteiger partial charge is 0.497 e. The van der Waals surface area contributed by atoms with Crippen molar-refractivity contribution >= 4 is 5.97 Å². The summed E-state index contributed by atoms with van der Waals surface area (Å²) in [6, 6.07) is 7.02. The van der Waals surface area contributed by atoms with Gasteiger partial charge in [-0.3, -0.25) is 0 Å². The van der Waals surface area contributed by atoms with E-state index in [-0.39, 0.29) is 29.3 Å². The van der Waals surface area contributed by atoms with E-state index in [0.717, 1.165) is 18.4 Å². The summed E-state index contributed by atoms with van der Waals surface area (Å²) < 4.78 is 11.2. The molecular weight excluding hydrogens is 340 g/mol. The summed E-state index contributed by atoms with van der Waals surface area (Å²) in [5, 5.41) is 11.0. The second-order valence-electron chi connectivity index (χ2n) is 9.44. The van der Waals surface area contributed by atoms with Crippen LogP contribution in [0.5, 0.6) is 5.75 Å². The third-order valence-corrected chi connectivity index (χ3v) is 7.47. The first-order valence-electron chi connectivity index (χ1n) is 9.92. The minimum absolute atomic E-state index is 0.0722. The molecule has 0 bridgehead atoms. The van der Waals surface area contributed by atoms with Gasteiger partial charge in [-0.2, -0.15) is 0 Å². The molecule has 3 fully saturated rings. The molecule has 0 aromatic heterocycles. The summed E-state index contributed by atoms with van der Waals surface area (Å²) in [7, 11) is 1.60. The molecule has 146 valence electrons. The maximum absolute atomic E-state index is 12.7. The van der Waals surface area contributed by atoms with Crippen LogP contribution in [0.15, 0.2) is 36.4 Å². The normalized spacial score (nSPS) is 39.1. The average Bonchev–Trinajstić information content (AvgIpc) is 3.08. The zero-order valence-electron chi connectivity index (χ0n) is 16.7. The monoisotopic (exact) mass is 370 g/mol. The van der Waals surface area contributed by atoms with E-state index in [4.69, 9.17) is 9.47 Å². The van der Waals surface area contributed by atoms with Crippen LogP contribution in [0.3, 0.4) is 0 Å². The minimum atomic E-state index is -0.654. The van der Waals surface area contributed by atoms with Gasteiger partial charge in [0.2, 0.25) is 0 Å². The quantitative estimate of drug-likeness (QED) is 0.639. The highest BCUT2D eigenvalue weighted by molar-refractivity contribution is 5.89. The predicted octanol–water partition coefficient (Wildman–Crippen LogP) is 4.23. The van der Waals surface area contributed by atoms with Gasteiger partial charge in [0.1, 0.15) is 11.9 Å². The van der Waals surface area contributed by atoms with Crippen molar-refractivity contribution in [2.24, 2.45) is 29.1 Å². The highest BCUT2D eigenvalue weighted by Crippen LogP contribution is 2.71. The molecular formula is C23H30O4. The fourth-order valence-electron chi connectivity index (χ4n) is 6.02. The molecule has 0 unspecified atom stereocenters. The van der Waals surface area contributed by atoms with E-state index in [2.05, 4.69) is 20.4 Å². The Hall–Kier alpha value is -1.81. The van der Waals surface area contributed by atoms with Crippen LogP contribution in [0.25, 0.3) is 0 Å². The molecule has 3 saturated carbocycles. The standard InChI is InChI=1S/C23H30O4/c1-13-12-17(27-21(24)14-6-8-15(26-5)9-7-14)19-20(22(19,2)3)18-16(13)10-11-23(18,4)25/h6-9,16-20,25H,1,10-12H2,2-5H3/t16-,17-,18-,19+,20+,23-/m0/s1. The Kier molecular flexibility index (Phi) is 4.19. The second-order valence-corrected chi connectivity index (χ2v) is 9.44. The molecule has 0 amide bonds. The van der Waals surface area contributed by atoms with E-state index < -0.39 is 5.60 Å². The van der Waals surface area contributed by atoms with E-state index in [1.807, 2.05) is 6.92 Å². The summed E-state index contributed by atoms with van der Waals surface area (Å²) in [6.07, 6.45) is 2.34. The van der Waals surface area contributed by atoms with Gasteiger partial charge in [0, 0.05) is 12.3 Å². The Labute approximate surface area is 161 Å². The van der Waals surface area contributed by atoms with Crippen molar-refractivity contribution in [2.45, 2.75) is 51.7 Å².